The van der Waals surface area contributed by atoms with Gasteiger partial charge < -0.3 is 10.0 Å². The molecule has 2 fully saturated rings. The summed E-state index contributed by atoms with van der Waals surface area (Å²) in [6.07, 6.45) is 7.50. The Bertz CT molecular complexity index is 411. The summed E-state index contributed by atoms with van der Waals surface area (Å²) in [5.74, 6) is 1.17. The number of carbonyl (C=O) groups excluding carboxylic acids is 1. The van der Waals surface area contributed by atoms with Gasteiger partial charge in [0.05, 0.1) is 0 Å². The van der Waals surface area contributed by atoms with E-state index in [-0.39, 0.29) is 18.2 Å². The Morgan fingerprint density at radius 2 is 1.43 bits per heavy atom. The SMILES string of the molecule is CC(C)(C)C1CCC(CC(=O)N2CCC(CC(=O)O)CC2)CC1. The van der Waals surface area contributed by atoms with Crippen LogP contribution in [0.15, 0.2) is 0 Å². The molecular weight excluding hydrogens is 290 g/mol. The van der Waals surface area contributed by atoms with Crippen molar-refractivity contribution < 1.29 is 14.7 Å². The highest BCUT2D eigenvalue weighted by Crippen LogP contribution is 2.40. The van der Waals surface area contributed by atoms with Crippen molar-refractivity contribution in [1.29, 1.82) is 0 Å². The maximum absolute atomic E-state index is 12.5. The second-order valence-corrected chi connectivity index (χ2v) is 8.71. The molecule has 0 atom stereocenters. The van der Waals surface area contributed by atoms with Crippen molar-refractivity contribution in [3.8, 4) is 0 Å². The number of amides is 1. The fourth-order valence-electron chi connectivity index (χ4n) is 4.24. The van der Waals surface area contributed by atoms with Crippen molar-refractivity contribution in [2.75, 3.05) is 13.1 Å². The summed E-state index contributed by atoms with van der Waals surface area (Å²) in [5.41, 5.74) is 0.390. The predicted molar refractivity (Wildman–Crippen MR) is 91.1 cm³/mol. The van der Waals surface area contributed by atoms with E-state index in [2.05, 4.69) is 20.8 Å². The van der Waals surface area contributed by atoms with Crippen LogP contribution in [-0.4, -0.2) is 35.0 Å². The minimum absolute atomic E-state index is 0.249. The van der Waals surface area contributed by atoms with Crippen molar-refractivity contribution in [1.82, 2.24) is 4.90 Å². The predicted octanol–water partition coefficient (Wildman–Crippen LogP) is 3.94. The van der Waals surface area contributed by atoms with Gasteiger partial charge in [-0.05, 0) is 61.7 Å². The maximum atomic E-state index is 12.5. The van der Waals surface area contributed by atoms with E-state index in [1.165, 1.54) is 25.7 Å². The molecule has 0 aromatic heterocycles. The fraction of sp³-hybridized carbons (Fsp3) is 0.895. The zero-order valence-electron chi connectivity index (χ0n) is 15.0. The van der Waals surface area contributed by atoms with Gasteiger partial charge in [-0.25, -0.2) is 0 Å². The van der Waals surface area contributed by atoms with Gasteiger partial charge in [0.25, 0.3) is 0 Å². The lowest BCUT2D eigenvalue weighted by molar-refractivity contribution is -0.138. The first kappa shape index (κ1) is 18.3. The highest BCUT2D eigenvalue weighted by atomic mass is 16.4. The fourth-order valence-corrected chi connectivity index (χ4v) is 4.24. The molecule has 2 aliphatic rings. The van der Waals surface area contributed by atoms with Crippen molar-refractivity contribution in [3.05, 3.63) is 0 Å². The van der Waals surface area contributed by atoms with Crippen LogP contribution in [0.25, 0.3) is 0 Å². The average Bonchev–Trinajstić information content (AvgIpc) is 2.47. The third-order valence-electron chi connectivity index (χ3n) is 5.97. The Labute approximate surface area is 140 Å². The molecule has 1 amide bonds. The first-order chi connectivity index (χ1) is 10.8. The molecule has 2 rings (SSSR count). The summed E-state index contributed by atoms with van der Waals surface area (Å²) in [4.78, 5) is 25.2. The summed E-state index contributed by atoms with van der Waals surface area (Å²) >= 11 is 0. The standard InChI is InChI=1S/C19H33NO3/c1-19(2,3)16-6-4-14(5-7-16)12-17(21)20-10-8-15(9-11-20)13-18(22)23/h14-16H,4-13H2,1-3H3,(H,22,23). The highest BCUT2D eigenvalue weighted by Gasteiger charge is 2.32. The van der Waals surface area contributed by atoms with Crippen LogP contribution in [0.5, 0.6) is 0 Å². The number of likely N-dealkylation sites (tertiary alicyclic amines) is 1. The van der Waals surface area contributed by atoms with Crippen molar-refractivity contribution >= 4 is 11.9 Å². The molecule has 0 bridgehead atoms. The van der Waals surface area contributed by atoms with Crippen LogP contribution in [-0.2, 0) is 9.59 Å². The summed E-state index contributed by atoms with van der Waals surface area (Å²) < 4.78 is 0. The molecule has 0 spiro atoms. The molecule has 1 aliphatic carbocycles. The average molecular weight is 323 g/mol. The zero-order valence-corrected chi connectivity index (χ0v) is 15.0. The van der Waals surface area contributed by atoms with Gasteiger partial charge in [0.1, 0.15) is 0 Å². The van der Waals surface area contributed by atoms with E-state index < -0.39 is 5.97 Å². The second-order valence-electron chi connectivity index (χ2n) is 8.71. The van der Waals surface area contributed by atoms with E-state index in [1.807, 2.05) is 4.90 Å². The van der Waals surface area contributed by atoms with Crippen LogP contribution in [0.3, 0.4) is 0 Å². The number of piperidine rings is 1. The highest BCUT2D eigenvalue weighted by molar-refractivity contribution is 5.76. The van der Waals surface area contributed by atoms with Gasteiger partial charge in [0, 0.05) is 25.9 Å². The number of carboxylic acid groups (broad SMARTS) is 1. The van der Waals surface area contributed by atoms with Crippen molar-refractivity contribution in [2.45, 2.75) is 72.1 Å². The van der Waals surface area contributed by atoms with Gasteiger partial charge in [0.2, 0.25) is 5.91 Å². The van der Waals surface area contributed by atoms with Gasteiger partial charge in [0.15, 0.2) is 0 Å². The molecule has 1 saturated carbocycles. The molecule has 23 heavy (non-hydrogen) atoms. The molecule has 4 nitrogen and oxygen atoms in total. The molecule has 1 saturated heterocycles. The maximum Gasteiger partial charge on any atom is 0.303 e. The monoisotopic (exact) mass is 323 g/mol. The molecule has 0 aromatic rings. The number of hydrogen-bond donors (Lipinski definition) is 1. The number of aliphatic carboxylic acids is 1. The third-order valence-corrected chi connectivity index (χ3v) is 5.97. The topological polar surface area (TPSA) is 57.6 Å². The van der Waals surface area contributed by atoms with Crippen LogP contribution in [0.1, 0.15) is 72.1 Å². The number of hydrogen-bond acceptors (Lipinski definition) is 2. The van der Waals surface area contributed by atoms with Gasteiger partial charge in [-0.3, -0.25) is 9.59 Å². The van der Waals surface area contributed by atoms with E-state index in [0.29, 0.717) is 17.8 Å². The molecule has 4 heteroatoms. The minimum Gasteiger partial charge on any atom is -0.481 e. The van der Waals surface area contributed by atoms with Crippen LogP contribution in [0.4, 0.5) is 0 Å². The first-order valence-corrected chi connectivity index (χ1v) is 9.25. The third kappa shape index (κ3) is 5.50. The number of carbonyl (C=O) groups is 2. The Kier molecular flexibility index (Phi) is 6.10. The van der Waals surface area contributed by atoms with E-state index in [0.717, 1.165) is 31.8 Å². The Balaban J connectivity index is 1.71. The molecule has 0 aromatic carbocycles. The number of rotatable bonds is 4. The van der Waals surface area contributed by atoms with Gasteiger partial charge in [-0.1, -0.05) is 20.8 Å². The van der Waals surface area contributed by atoms with Gasteiger partial charge in [-0.15, -0.1) is 0 Å². The molecule has 1 heterocycles. The van der Waals surface area contributed by atoms with Crippen molar-refractivity contribution in [3.63, 3.8) is 0 Å². The van der Waals surface area contributed by atoms with E-state index >= 15 is 0 Å². The molecule has 0 unspecified atom stereocenters. The first-order valence-electron chi connectivity index (χ1n) is 9.25. The van der Waals surface area contributed by atoms with E-state index in [1.54, 1.807) is 0 Å². The van der Waals surface area contributed by atoms with Gasteiger partial charge >= 0.3 is 5.97 Å². The molecule has 0 radical (unpaired) electrons. The van der Waals surface area contributed by atoms with E-state index in [9.17, 15) is 9.59 Å². The molecule has 1 aliphatic heterocycles. The zero-order chi connectivity index (χ0) is 17.0. The smallest absolute Gasteiger partial charge is 0.303 e. The lowest BCUT2D eigenvalue weighted by Crippen LogP contribution is -2.40. The summed E-state index contributed by atoms with van der Waals surface area (Å²) in [7, 11) is 0. The molecule has 1 N–H and O–H groups in total. The van der Waals surface area contributed by atoms with Crippen molar-refractivity contribution in [2.24, 2.45) is 23.2 Å². The number of carboxylic acids is 1. The summed E-state index contributed by atoms with van der Waals surface area (Å²) in [5, 5.41) is 8.86. The Morgan fingerprint density at radius 1 is 0.913 bits per heavy atom. The summed E-state index contributed by atoms with van der Waals surface area (Å²) in [6, 6.07) is 0. The van der Waals surface area contributed by atoms with Crippen LogP contribution in [0.2, 0.25) is 0 Å². The largest absolute Gasteiger partial charge is 0.481 e. The summed E-state index contributed by atoms with van der Waals surface area (Å²) in [6.45, 7) is 8.46. The molecular formula is C19H33NO3. The van der Waals surface area contributed by atoms with Crippen LogP contribution >= 0.6 is 0 Å². The normalized spacial score (nSPS) is 27.0. The number of nitrogens with zero attached hydrogens (tertiary/aromatic N) is 1. The Morgan fingerprint density at radius 3 is 1.91 bits per heavy atom. The van der Waals surface area contributed by atoms with Gasteiger partial charge in [-0.2, -0.15) is 0 Å². The quantitative estimate of drug-likeness (QED) is 0.852. The lowest BCUT2D eigenvalue weighted by atomic mass is 9.69. The Hall–Kier alpha value is -1.06. The second kappa shape index (κ2) is 7.67. The van der Waals surface area contributed by atoms with E-state index in [4.69, 9.17) is 5.11 Å². The van der Waals surface area contributed by atoms with Crippen LogP contribution in [0, 0.1) is 23.2 Å². The van der Waals surface area contributed by atoms with Crippen LogP contribution < -0.4 is 0 Å². The lowest BCUT2D eigenvalue weighted by Gasteiger charge is -2.38. The molecule has 132 valence electrons. The minimum atomic E-state index is -0.717.